The number of carbonyl (C=O) groups excluding carboxylic acids is 1. The quantitative estimate of drug-likeness (QED) is 0.396. The maximum atomic E-state index is 12.6. The second-order valence-electron chi connectivity index (χ2n) is 7.28. The number of fused-ring (bicyclic) bond motifs is 1. The lowest BCUT2D eigenvalue weighted by Gasteiger charge is -2.19. The predicted molar refractivity (Wildman–Crippen MR) is 123 cm³/mol. The van der Waals surface area contributed by atoms with Crippen molar-refractivity contribution in [2.75, 3.05) is 26.6 Å². The Morgan fingerprint density at radius 3 is 2.52 bits per heavy atom. The number of ether oxygens (including phenoxy) is 3. The SMILES string of the molecule is COC(=O)[C@H](Cc1ccc(O)cc1)Nc1nc(-c2ccc(OC)c(OC)c2)cc2nccn12. The molecule has 0 fully saturated rings. The highest BCUT2D eigenvalue weighted by Gasteiger charge is 2.22. The zero-order valence-corrected chi connectivity index (χ0v) is 18.5. The topological polar surface area (TPSA) is 107 Å². The summed E-state index contributed by atoms with van der Waals surface area (Å²) >= 11 is 0. The minimum absolute atomic E-state index is 0.158. The van der Waals surface area contributed by atoms with E-state index >= 15 is 0 Å². The zero-order chi connectivity index (χ0) is 23.4. The fourth-order valence-electron chi connectivity index (χ4n) is 3.53. The Balaban J connectivity index is 1.72. The summed E-state index contributed by atoms with van der Waals surface area (Å²) in [6, 6.07) is 13.3. The molecule has 0 aliphatic heterocycles. The summed E-state index contributed by atoms with van der Waals surface area (Å²) in [6.07, 6.45) is 3.76. The molecule has 9 nitrogen and oxygen atoms in total. The Kier molecular flexibility index (Phi) is 6.30. The van der Waals surface area contributed by atoms with Gasteiger partial charge in [-0.2, -0.15) is 0 Å². The first-order valence-corrected chi connectivity index (χ1v) is 10.2. The summed E-state index contributed by atoms with van der Waals surface area (Å²) in [5.74, 6) is 1.35. The molecule has 0 saturated heterocycles. The van der Waals surface area contributed by atoms with Crippen LogP contribution in [0.1, 0.15) is 5.56 Å². The van der Waals surface area contributed by atoms with Crippen LogP contribution in [0.5, 0.6) is 17.2 Å². The van der Waals surface area contributed by atoms with Crippen LogP contribution in [0.3, 0.4) is 0 Å². The third kappa shape index (κ3) is 4.67. The number of anilines is 1. The van der Waals surface area contributed by atoms with Gasteiger partial charge in [0.25, 0.3) is 0 Å². The van der Waals surface area contributed by atoms with Gasteiger partial charge < -0.3 is 24.6 Å². The highest BCUT2D eigenvalue weighted by Crippen LogP contribution is 2.32. The van der Waals surface area contributed by atoms with Crippen LogP contribution in [0.4, 0.5) is 5.95 Å². The van der Waals surface area contributed by atoms with Gasteiger partial charge in [0.05, 0.1) is 27.0 Å². The maximum Gasteiger partial charge on any atom is 0.328 e. The van der Waals surface area contributed by atoms with Crippen molar-refractivity contribution < 1.29 is 24.1 Å². The van der Waals surface area contributed by atoms with Crippen molar-refractivity contribution in [3.05, 3.63) is 66.5 Å². The molecule has 33 heavy (non-hydrogen) atoms. The highest BCUT2D eigenvalue weighted by molar-refractivity contribution is 5.79. The third-order valence-corrected chi connectivity index (χ3v) is 5.23. The first-order valence-electron chi connectivity index (χ1n) is 10.2. The Hall–Kier alpha value is -4.27. The summed E-state index contributed by atoms with van der Waals surface area (Å²) in [6.45, 7) is 0. The van der Waals surface area contributed by atoms with Gasteiger partial charge in [-0.15, -0.1) is 0 Å². The molecule has 170 valence electrons. The molecule has 0 amide bonds. The van der Waals surface area contributed by atoms with Crippen LogP contribution in [0.2, 0.25) is 0 Å². The molecule has 0 spiro atoms. The van der Waals surface area contributed by atoms with E-state index < -0.39 is 12.0 Å². The van der Waals surface area contributed by atoms with E-state index in [2.05, 4.69) is 10.3 Å². The molecule has 0 saturated carbocycles. The van der Waals surface area contributed by atoms with E-state index in [4.69, 9.17) is 19.2 Å². The molecule has 0 radical (unpaired) electrons. The van der Waals surface area contributed by atoms with Crippen molar-refractivity contribution in [1.82, 2.24) is 14.4 Å². The standard InChI is InChI=1S/C24H24N4O5/c1-31-20-9-6-16(13-21(20)32-2)18-14-22-25-10-11-28(22)24(26-18)27-19(23(30)33-3)12-15-4-7-17(29)8-5-15/h4-11,13-14,19,29H,12H2,1-3H3,(H,26,27)/t19-/m0/s1. The monoisotopic (exact) mass is 448 g/mol. The number of hydrogen-bond donors (Lipinski definition) is 2. The molecule has 2 N–H and O–H groups in total. The third-order valence-electron chi connectivity index (χ3n) is 5.23. The fraction of sp³-hybridized carbons (Fsp3) is 0.208. The van der Waals surface area contributed by atoms with Crippen LogP contribution in [0.25, 0.3) is 16.9 Å². The van der Waals surface area contributed by atoms with Crippen molar-refractivity contribution in [2.24, 2.45) is 0 Å². The summed E-state index contributed by atoms with van der Waals surface area (Å²) in [4.78, 5) is 21.7. The number of imidazole rings is 1. The van der Waals surface area contributed by atoms with E-state index in [0.29, 0.717) is 35.2 Å². The normalized spacial score (nSPS) is 11.7. The van der Waals surface area contributed by atoms with Gasteiger partial charge in [-0.1, -0.05) is 12.1 Å². The van der Waals surface area contributed by atoms with Crippen LogP contribution < -0.4 is 14.8 Å². The second kappa shape index (κ2) is 9.47. The van der Waals surface area contributed by atoms with E-state index in [1.807, 2.05) is 18.2 Å². The molecular weight excluding hydrogens is 424 g/mol. The second-order valence-corrected chi connectivity index (χ2v) is 7.28. The molecule has 0 unspecified atom stereocenters. The average molecular weight is 448 g/mol. The number of nitrogens with zero attached hydrogens (tertiary/aromatic N) is 3. The van der Waals surface area contributed by atoms with Gasteiger partial charge in [0.1, 0.15) is 17.4 Å². The number of aromatic hydroxyl groups is 1. The van der Waals surface area contributed by atoms with Gasteiger partial charge in [-0.3, -0.25) is 4.40 Å². The number of aromatic nitrogens is 3. The highest BCUT2D eigenvalue weighted by atomic mass is 16.5. The molecule has 1 atom stereocenters. The number of phenols is 1. The number of rotatable bonds is 8. The number of phenolic OH excluding ortho intramolecular Hbond substituents is 1. The van der Waals surface area contributed by atoms with E-state index in [0.717, 1.165) is 11.1 Å². The van der Waals surface area contributed by atoms with Gasteiger partial charge in [-0.05, 0) is 35.9 Å². The number of hydrogen-bond acceptors (Lipinski definition) is 8. The molecule has 2 aromatic heterocycles. The van der Waals surface area contributed by atoms with Gasteiger partial charge in [0.15, 0.2) is 11.5 Å². The lowest BCUT2D eigenvalue weighted by atomic mass is 10.1. The Bertz CT molecular complexity index is 1270. The predicted octanol–water partition coefficient (Wildman–Crippen LogP) is 3.32. The molecule has 0 bridgehead atoms. The van der Waals surface area contributed by atoms with Gasteiger partial charge in [0, 0.05) is 30.4 Å². The molecule has 0 aliphatic carbocycles. The van der Waals surface area contributed by atoms with Gasteiger partial charge in [0.2, 0.25) is 5.95 Å². The van der Waals surface area contributed by atoms with Crippen molar-refractivity contribution >= 4 is 17.6 Å². The first kappa shape index (κ1) is 21.9. The minimum Gasteiger partial charge on any atom is -0.508 e. The van der Waals surface area contributed by atoms with Gasteiger partial charge in [-0.25, -0.2) is 14.8 Å². The summed E-state index contributed by atoms with van der Waals surface area (Å²) in [5, 5.41) is 12.7. The van der Waals surface area contributed by atoms with Crippen molar-refractivity contribution in [3.63, 3.8) is 0 Å². The number of methoxy groups -OCH3 is 3. The average Bonchev–Trinajstić information content (AvgIpc) is 3.33. The maximum absolute atomic E-state index is 12.6. The Morgan fingerprint density at radius 1 is 1.06 bits per heavy atom. The summed E-state index contributed by atoms with van der Waals surface area (Å²) in [5.41, 5.74) is 2.96. The molecule has 2 heterocycles. The van der Waals surface area contributed by atoms with E-state index in [1.165, 1.54) is 7.11 Å². The molecule has 9 heteroatoms. The molecule has 0 aliphatic rings. The van der Waals surface area contributed by atoms with Crippen molar-refractivity contribution in [1.29, 1.82) is 0 Å². The summed E-state index contributed by atoms with van der Waals surface area (Å²) < 4.78 is 17.5. The van der Waals surface area contributed by atoms with E-state index in [1.54, 1.807) is 61.3 Å². The van der Waals surface area contributed by atoms with Gasteiger partial charge >= 0.3 is 5.97 Å². The van der Waals surface area contributed by atoms with Crippen LogP contribution in [-0.4, -0.2) is 52.8 Å². The van der Waals surface area contributed by atoms with Crippen LogP contribution in [0, 0.1) is 0 Å². The lowest BCUT2D eigenvalue weighted by Crippen LogP contribution is -2.34. The van der Waals surface area contributed by atoms with E-state index in [9.17, 15) is 9.90 Å². The number of nitrogens with one attached hydrogen (secondary N) is 1. The molecule has 4 rings (SSSR count). The summed E-state index contributed by atoms with van der Waals surface area (Å²) in [7, 11) is 4.49. The van der Waals surface area contributed by atoms with E-state index in [-0.39, 0.29) is 5.75 Å². The lowest BCUT2D eigenvalue weighted by molar-refractivity contribution is -0.141. The first-order chi connectivity index (χ1) is 16.0. The van der Waals surface area contributed by atoms with Crippen LogP contribution >= 0.6 is 0 Å². The minimum atomic E-state index is -0.710. The smallest absolute Gasteiger partial charge is 0.328 e. The van der Waals surface area contributed by atoms with Crippen LogP contribution in [0.15, 0.2) is 60.9 Å². The number of benzene rings is 2. The number of esters is 1. The Labute approximate surface area is 190 Å². The number of carbonyl (C=O) groups is 1. The van der Waals surface area contributed by atoms with Crippen molar-refractivity contribution in [3.8, 4) is 28.5 Å². The fourth-order valence-corrected chi connectivity index (χ4v) is 3.53. The molecular formula is C24H24N4O5. The largest absolute Gasteiger partial charge is 0.508 e. The Morgan fingerprint density at radius 2 is 1.82 bits per heavy atom. The van der Waals surface area contributed by atoms with Crippen LogP contribution in [-0.2, 0) is 16.0 Å². The molecule has 4 aromatic rings. The van der Waals surface area contributed by atoms with Crippen molar-refractivity contribution in [2.45, 2.75) is 12.5 Å². The molecule has 2 aromatic carbocycles. The zero-order valence-electron chi connectivity index (χ0n) is 18.5.